The highest BCUT2D eigenvalue weighted by Gasteiger charge is 2.42. The number of hydrogen-bond acceptors (Lipinski definition) is 6. The quantitative estimate of drug-likeness (QED) is 0.763. The molecular formula is C13H18N4O4. The van der Waals surface area contributed by atoms with Gasteiger partial charge in [0.15, 0.2) is 0 Å². The Labute approximate surface area is 122 Å². The number of carbonyl (C=O) groups is 2. The summed E-state index contributed by atoms with van der Waals surface area (Å²) >= 11 is 0. The van der Waals surface area contributed by atoms with Gasteiger partial charge in [-0.2, -0.15) is 0 Å². The third-order valence-electron chi connectivity index (χ3n) is 3.21. The lowest BCUT2D eigenvalue weighted by atomic mass is 9.96. The third kappa shape index (κ3) is 3.88. The first kappa shape index (κ1) is 15.2. The Balaban J connectivity index is 1.80. The van der Waals surface area contributed by atoms with E-state index < -0.39 is 11.6 Å². The molecule has 0 spiro atoms. The van der Waals surface area contributed by atoms with Crippen LogP contribution in [0, 0.1) is 0 Å². The third-order valence-corrected chi connectivity index (χ3v) is 3.21. The summed E-state index contributed by atoms with van der Waals surface area (Å²) in [5, 5.41) is 8.59. The lowest BCUT2D eigenvalue weighted by Crippen LogP contribution is -2.64. The molecule has 8 heteroatoms. The largest absolute Gasteiger partial charge is 0.480 e. The van der Waals surface area contributed by atoms with E-state index >= 15 is 0 Å². The number of likely N-dealkylation sites (N-methyl/N-ethyl adjacent to an activating group) is 1. The van der Waals surface area contributed by atoms with Gasteiger partial charge >= 0.3 is 5.97 Å². The number of carbonyl (C=O) groups excluding carboxylic acids is 1. The van der Waals surface area contributed by atoms with Gasteiger partial charge in [0.05, 0.1) is 19.6 Å². The van der Waals surface area contributed by atoms with Crippen molar-refractivity contribution in [2.24, 2.45) is 0 Å². The first-order valence-corrected chi connectivity index (χ1v) is 6.51. The van der Waals surface area contributed by atoms with E-state index in [0.29, 0.717) is 19.0 Å². The van der Waals surface area contributed by atoms with E-state index in [2.05, 4.69) is 9.97 Å². The van der Waals surface area contributed by atoms with Gasteiger partial charge in [-0.1, -0.05) is 0 Å². The molecule has 0 aliphatic carbocycles. The molecule has 1 N–H and O–H groups in total. The zero-order valence-electron chi connectivity index (χ0n) is 12.0. The second-order valence-corrected chi connectivity index (χ2v) is 5.29. The van der Waals surface area contributed by atoms with E-state index in [4.69, 9.17) is 9.84 Å². The summed E-state index contributed by atoms with van der Waals surface area (Å²) in [6.07, 6.45) is 3.23. The number of anilines is 1. The molecule has 0 atom stereocenters. The van der Waals surface area contributed by atoms with Gasteiger partial charge in [0.2, 0.25) is 11.9 Å². The molecule has 2 rings (SSSR count). The predicted molar refractivity (Wildman–Crippen MR) is 73.9 cm³/mol. The minimum atomic E-state index is -1.01. The maximum absolute atomic E-state index is 12.1. The first-order chi connectivity index (χ1) is 9.89. The molecule has 2 heterocycles. The second-order valence-electron chi connectivity index (χ2n) is 5.29. The van der Waals surface area contributed by atoms with Crippen LogP contribution in [0.4, 0.5) is 5.95 Å². The van der Waals surface area contributed by atoms with Crippen molar-refractivity contribution in [3.05, 3.63) is 18.5 Å². The van der Waals surface area contributed by atoms with Gasteiger partial charge in [0.25, 0.3) is 0 Å². The molecule has 8 nitrogen and oxygen atoms in total. The zero-order chi connectivity index (χ0) is 15.5. The number of carboxylic acids is 1. The molecule has 0 radical (unpaired) electrons. The lowest BCUT2D eigenvalue weighted by molar-refractivity contribution is -0.172. The molecule has 114 valence electrons. The molecular weight excluding hydrogens is 276 g/mol. The molecule has 0 unspecified atom stereocenters. The van der Waals surface area contributed by atoms with Crippen molar-refractivity contribution in [1.82, 2.24) is 14.9 Å². The van der Waals surface area contributed by atoms with E-state index in [1.54, 1.807) is 42.2 Å². The molecule has 0 aromatic carbocycles. The summed E-state index contributed by atoms with van der Waals surface area (Å²) in [6.45, 7) is 2.39. The maximum atomic E-state index is 12.1. The molecule has 0 saturated carbocycles. The number of carboxylic acid groups (broad SMARTS) is 1. The Kier molecular flexibility index (Phi) is 4.37. The Morgan fingerprint density at radius 2 is 2.05 bits per heavy atom. The smallest absolute Gasteiger partial charge is 0.329 e. The van der Waals surface area contributed by atoms with Gasteiger partial charge in [-0.05, 0) is 13.0 Å². The van der Waals surface area contributed by atoms with E-state index in [1.165, 1.54) is 0 Å². The standard InChI is InChI=1S/C13H18N4O4/c1-13(21-7-11(19)20)8-17(9-13)10(18)6-16(2)12-14-4-3-5-15-12/h3-5H,6-9H2,1-2H3,(H,19,20). The number of amides is 1. The lowest BCUT2D eigenvalue weighted by Gasteiger charge is -2.47. The Hall–Kier alpha value is -2.22. The fraction of sp³-hybridized carbons (Fsp3) is 0.538. The van der Waals surface area contributed by atoms with Gasteiger partial charge in [0.1, 0.15) is 12.2 Å². The van der Waals surface area contributed by atoms with Crippen molar-refractivity contribution >= 4 is 17.8 Å². The topological polar surface area (TPSA) is 95.9 Å². The highest BCUT2D eigenvalue weighted by atomic mass is 16.5. The van der Waals surface area contributed by atoms with Crippen LogP contribution in [-0.2, 0) is 14.3 Å². The summed E-state index contributed by atoms with van der Waals surface area (Å²) in [7, 11) is 1.74. The highest BCUT2D eigenvalue weighted by molar-refractivity contribution is 5.81. The van der Waals surface area contributed by atoms with Crippen LogP contribution in [0.5, 0.6) is 0 Å². The van der Waals surface area contributed by atoms with E-state index in [1.807, 2.05) is 0 Å². The predicted octanol–water partition coefficient (Wildman–Crippen LogP) is -0.385. The number of aliphatic carboxylic acids is 1. The van der Waals surface area contributed by atoms with Crippen LogP contribution in [0.15, 0.2) is 18.5 Å². The van der Waals surface area contributed by atoms with Crippen molar-refractivity contribution in [1.29, 1.82) is 0 Å². The summed E-state index contributed by atoms with van der Waals surface area (Å²) < 4.78 is 5.27. The molecule has 1 aliphatic rings. The van der Waals surface area contributed by atoms with Crippen LogP contribution in [0.1, 0.15) is 6.92 Å². The van der Waals surface area contributed by atoms with Gasteiger partial charge in [-0.25, -0.2) is 14.8 Å². The molecule has 1 fully saturated rings. The van der Waals surface area contributed by atoms with Gasteiger partial charge in [0, 0.05) is 19.4 Å². The van der Waals surface area contributed by atoms with Crippen molar-refractivity contribution in [2.45, 2.75) is 12.5 Å². The number of ether oxygens (including phenoxy) is 1. The normalized spacial score (nSPS) is 16.2. The highest BCUT2D eigenvalue weighted by Crippen LogP contribution is 2.24. The first-order valence-electron chi connectivity index (χ1n) is 6.51. The van der Waals surface area contributed by atoms with Crippen LogP contribution in [-0.4, -0.2) is 70.7 Å². The van der Waals surface area contributed by atoms with Gasteiger partial charge in [-0.3, -0.25) is 4.79 Å². The monoisotopic (exact) mass is 294 g/mol. The van der Waals surface area contributed by atoms with Crippen LogP contribution in [0.2, 0.25) is 0 Å². The fourth-order valence-electron chi connectivity index (χ4n) is 2.13. The molecule has 1 aromatic rings. The molecule has 1 saturated heterocycles. The minimum absolute atomic E-state index is 0.0682. The molecule has 1 aliphatic heterocycles. The summed E-state index contributed by atoms with van der Waals surface area (Å²) in [5.74, 6) is -0.598. The SMILES string of the molecule is CN(CC(=O)N1CC(C)(OCC(=O)O)C1)c1ncccn1. The molecule has 0 bridgehead atoms. The average molecular weight is 294 g/mol. The zero-order valence-corrected chi connectivity index (χ0v) is 12.0. The number of hydrogen-bond donors (Lipinski definition) is 1. The maximum Gasteiger partial charge on any atom is 0.329 e. The van der Waals surface area contributed by atoms with Crippen molar-refractivity contribution in [3.63, 3.8) is 0 Å². The van der Waals surface area contributed by atoms with E-state index in [-0.39, 0.29) is 19.1 Å². The molecule has 1 amide bonds. The van der Waals surface area contributed by atoms with Crippen LogP contribution in [0.25, 0.3) is 0 Å². The van der Waals surface area contributed by atoms with E-state index in [9.17, 15) is 9.59 Å². The van der Waals surface area contributed by atoms with Gasteiger partial charge < -0.3 is 19.6 Å². The van der Waals surface area contributed by atoms with Crippen molar-refractivity contribution in [3.8, 4) is 0 Å². The number of rotatable bonds is 6. The Morgan fingerprint density at radius 3 is 2.62 bits per heavy atom. The summed E-state index contributed by atoms with van der Waals surface area (Å²) in [5.41, 5.74) is -0.574. The van der Waals surface area contributed by atoms with Crippen LogP contribution < -0.4 is 4.90 Å². The van der Waals surface area contributed by atoms with Crippen LogP contribution in [0.3, 0.4) is 0 Å². The fourth-order valence-corrected chi connectivity index (χ4v) is 2.13. The molecule has 1 aromatic heterocycles. The number of nitrogens with zero attached hydrogens (tertiary/aromatic N) is 4. The van der Waals surface area contributed by atoms with Crippen molar-refractivity contribution in [2.75, 3.05) is 38.2 Å². The number of aromatic nitrogens is 2. The second kappa shape index (κ2) is 6.04. The Morgan fingerprint density at radius 1 is 1.43 bits per heavy atom. The summed E-state index contributed by atoms with van der Waals surface area (Å²) in [4.78, 5) is 34.0. The van der Waals surface area contributed by atoms with E-state index in [0.717, 1.165) is 0 Å². The summed E-state index contributed by atoms with van der Waals surface area (Å²) in [6, 6.07) is 1.71. The minimum Gasteiger partial charge on any atom is -0.480 e. The van der Waals surface area contributed by atoms with Crippen molar-refractivity contribution < 1.29 is 19.4 Å². The number of likely N-dealkylation sites (tertiary alicyclic amines) is 1. The average Bonchev–Trinajstić information content (AvgIpc) is 2.43. The van der Waals surface area contributed by atoms with Gasteiger partial charge in [-0.15, -0.1) is 0 Å². The Bertz CT molecular complexity index is 516. The molecule has 21 heavy (non-hydrogen) atoms. The van der Waals surface area contributed by atoms with Crippen LogP contribution >= 0.6 is 0 Å².